The van der Waals surface area contributed by atoms with Crippen molar-refractivity contribution in [2.75, 3.05) is 0 Å². The fourth-order valence-electron chi connectivity index (χ4n) is 3.55. The second-order valence-corrected chi connectivity index (χ2v) is 7.33. The normalized spacial score (nSPS) is 14.8. The molecule has 0 aliphatic rings. The summed E-state index contributed by atoms with van der Waals surface area (Å²) >= 11 is 0. The van der Waals surface area contributed by atoms with Gasteiger partial charge in [0.15, 0.2) is 11.8 Å². The molecule has 0 amide bonds. The Morgan fingerprint density at radius 2 is 1.88 bits per heavy atom. The minimum Gasteiger partial charge on any atom is -0.454 e. The largest absolute Gasteiger partial charge is 0.454 e. The van der Waals surface area contributed by atoms with E-state index in [0.717, 1.165) is 38.9 Å². The highest BCUT2D eigenvalue weighted by atomic mass is 16.3. The van der Waals surface area contributed by atoms with E-state index < -0.39 is 5.89 Å². The van der Waals surface area contributed by atoms with Gasteiger partial charge in [-0.1, -0.05) is 26.8 Å². The first-order chi connectivity index (χ1) is 12.8. The molecular weight excluding hydrogens is 320 g/mol. The SMILES string of the molecule is [2H]C(C)(c1ccc(-c2c(C)ccc3oc4cccnc4c23)[n+](C)c1)C(C)C. The Balaban J connectivity index is 1.99. The van der Waals surface area contributed by atoms with Crippen LogP contribution in [0.3, 0.4) is 0 Å². The van der Waals surface area contributed by atoms with Crippen LogP contribution in [0.5, 0.6) is 0 Å². The number of aryl methyl sites for hydroxylation is 2. The van der Waals surface area contributed by atoms with Crippen LogP contribution in [0.15, 0.2) is 53.2 Å². The van der Waals surface area contributed by atoms with Crippen molar-refractivity contribution in [3.63, 3.8) is 0 Å². The van der Waals surface area contributed by atoms with Gasteiger partial charge in [0.1, 0.15) is 18.1 Å². The summed E-state index contributed by atoms with van der Waals surface area (Å²) in [5, 5.41) is 1.05. The molecule has 1 aromatic carbocycles. The van der Waals surface area contributed by atoms with Gasteiger partial charge in [0.2, 0.25) is 5.69 Å². The number of nitrogens with zero attached hydrogens (tertiary/aromatic N) is 2. The molecule has 0 N–H and O–H groups in total. The van der Waals surface area contributed by atoms with Crippen LogP contribution in [0.1, 0.15) is 39.2 Å². The van der Waals surface area contributed by atoms with Gasteiger partial charge in [-0.25, -0.2) is 4.57 Å². The molecule has 0 aliphatic carbocycles. The highest BCUT2D eigenvalue weighted by Crippen LogP contribution is 2.36. The third-order valence-electron chi connectivity index (χ3n) is 5.31. The van der Waals surface area contributed by atoms with Gasteiger partial charge in [0.25, 0.3) is 0 Å². The average molecular weight is 346 g/mol. The number of fused-ring (bicyclic) bond motifs is 3. The molecular formula is C23H25N2O+. The molecule has 0 bridgehead atoms. The highest BCUT2D eigenvalue weighted by molar-refractivity contribution is 6.10. The number of furan rings is 1. The summed E-state index contributed by atoms with van der Waals surface area (Å²) in [6.45, 7) is 8.28. The fraction of sp³-hybridized carbons (Fsp3) is 0.304. The molecule has 0 saturated carbocycles. The highest BCUT2D eigenvalue weighted by Gasteiger charge is 2.22. The maximum absolute atomic E-state index is 8.71. The molecule has 132 valence electrons. The van der Waals surface area contributed by atoms with Gasteiger partial charge >= 0.3 is 0 Å². The average Bonchev–Trinajstić information content (AvgIpc) is 3.01. The van der Waals surface area contributed by atoms with Crippen molar-refractivity contribution in [1.82, 2.24) is 4.98 Å². The van der Waals surface area contributed by atoms with Crippen LogP contribution >= 0.6 is 0 Å². The van der Waals surface area contributed by atoms with E-state index in [1.807, 2.05) is 32.2 Å². The van der Waals surface area contributed by atoms with Crippen molar-refractivity contribution in [1.29, 1.82) is 0 Å². The smallest absolute Gasteiger partial charge is 0.213 e. The van der Waals surface area contributed by atoms with E-state index in [-0.39, 0.29) is 5.92 Å². The Hall–Kier alpha value is -2.68. The van der Waals surface area contributed by atoms with Crippen LogP contribution in [0.4, 0.5) is 0 Å². The van der Waals surface area contributed by atoms with E-state index in [9.17, 15) is 0 Å². The molecule has 0 fully saturated rings. The van der Waals surface area contributed by atoms with E-state index in [1.165, 1.54) is 5.56 Å². The maximum Gasteiger partial charge on any atom is 0.213 e. The standard InChI is InChI=1S/C23H25N2O/c1-14(2)16(4)17-9-10-18(25(5)13-17)21-15(3)8-11-19-22(21)23-20(26-19)7-6-12-24-23/h6-14,16H,1-5H3/q+1/i16D. The van der Waals surface area contributed by atoms with Crippen LogP contribution in [0.25, 0.3) is 33.3 Å². The fourth-order valence-corrected chi connectivity index (χ4v) is 3.55. The van der Waals surface area contributed by atoms with Gasteiger partial charge in [-0.05, 0) is 48.6 Å². The monoisotopic (exact) mass is 346 g/mol. The van der Waals surface area contributed by atoms with Crippen LogP contribution in [-0.2, 0) is 7.05 Å². The van der Waals surface area contributed by atoms with Crippen molar-refractivity contribution in [3.8, 4) is 11.3 Å². The van der Waals surface area contributed by atoms with Gasteiger partial charge in [-0.2, -0.15) is 0 Å². The zero-order valence-corrected chi connectivity index (χ0v) is 16.0. The topological polar surface area (TPSA) is 29.9 Å². The van der Waals surface area contributed by atoms with Gasteiger partial charge in [0, 0.05) is 19.2 Å². The molecule has 4 aromatic rings. The lowest BCUT2D eigenvalue weighted by Crippen LogP contribution is -2.32. The lowest BCUT2D eigenvalue weighted by molar-refractivity contribution is -0.660. The summed E-state index contributed by atoms with van der Waals surface area (Å²) in [5.41, 5.74) is 6.96. The first-order valence-corrected chi connectivity index (χ1v) is 9.08. The van der Waals surface area contributed by atoms with E-state index in [1.54, 1.807) is 6.20 Å². The number of hydrogen-bond donors (Lipinski definition) is 0. The minimum atomic E-state index is -0.624. The van der Waals surface area contributed by atoms with Crippen LogP contribution in [0, 0.1) is 12.8 Å². The molecule has 1 atom stereocenters. The lowest BCUT2D eigenvalue weighted by atomic mass is 9.90. The minimum absolute atomic E-state index is 0.232. The molecule has 0 saturated heterocycles. The molecule has 4 rings (SSSR count). The summed E-state index contributed by atoms with van der Waals surface area (Å²) in [7, 11) is 2.04. The second-order valence-electron chi connectivity index (χ2n) is 7.33. The van der Waals surface area contributed by atoms with Crippen molar-refractivity contribution in [2.24, 2.45) is 13.0 Å². The van der Waals surface area contributed by atoms with Gasteiger partial charge in [0.05, 0.1) is 10.9 Å². The first-order valence-electron chi connectivity index (χ1n) is 9.58. The molecule has 0 aliphatic heterocycles. The van der Waals surface area contributed by atoms with E-state index in [4.69, 9.17) is 5.79 Å². The van der Waals surface area contributed by atoms with Crippen molar-refractivity contribution in [2.45, 2.75) is 33.6 Å². The first kappa shape index (κ1) is 15.6. The number of aromatic nitrogens is 2. The van der Waals surface area contributed by atoms with Crippen molar-refractivity contribution < 1.29 is 10.4 Å². The summed E-state index contributed by atoms with van der Waals surface area (Å²) in [6.07, 6.45) is 3.89. The third kappa shape index (κ3) is 2.59. The molecule has 1 unspecified atom stereocenters. The summed E-state index contributed by atoms with van der Waals surface area (Å²) in [5.74, 6) is -0.392. The number of pyridine rings is 2. The van der Waals surface area contributed by atoms with E-state index >= 15 is 0 Å². The zero-order chi connectivity index (χ0) is 19.3. The molecule has 3 heteroatoms. The van der Waals surface area contributed by atoms with Gasteiger partial charge < -0.3 is 4.42 Å². The van der Waals surface area contributed by atoms with Crippen LogP contribution in [-0.4, -0.2) is 4.98 Å². The second kappa shape index (κ2) is 6.24. The zero-order valence-electron chi connectivity index (χ0n) is 17.0. The predicted octanol–water partition coefficient (Wildman–Crippen LogP) is 5.54. The Morgan fingerprint density at radius 1 is 1.08 bits per heavy atom. The van der Waals surface area contributed by atoms with Crippen molar-refractivity contribution >= 4 is 22.1 Å². The summed E-state index contributed by atoms with van der Waals surface area (Å²) < 4.78 is 16.8. The van der Waals surface area contributed by atoms with Crippen molar-refractivity contribution in [3.05, 3.63) is 59.9 Å². The van der Waals surface area contributed by atoms with Crippen LogP contribution in [0.2, 0.25) is 0 Å². The number of benzene rings is 1. The Kier molecular flexibility index (Phi) is 3.74. The molecule has 26 heavy (non-hydrogen) atoms. The quantitative estimate of drug-likeness (QED) is 0.456. The Bertz CT molecular complexity index is 1160. The Labute approximate surface area is 155 Å². The molecule has 3 aromatic heterocycles. The predicted molar refractivity (Wildman–Crippen MR) is 106 cm³/mol. The molecule has 3 heterocycles. The molecule has 3 nitrogen and oxygen atoms in total. The number of hydrogen-bond acceptors (Lipinski definition) is 2. The van der Waals surface area contributed by atoms with E-state index in [2.05, 4.69) is 54.7 Å². The maximum atomic E-state index is 8.71. The third-order valence-corrected chi connectivity index (χ3v) is 5.31. The van der Waals surface area contributed by atoms with E-state index in [0.29, 0.717) is 0 Å². The van der Waals surface area contributed by atoms with Gasteiger partial charge in [-0.15, -0.1) is 0 Å². The van der Waals surface area contributed by atoms with Gasteiger partial charge in [-0.3, -0.25) is 4.98 Å². The van der Waals surface area contributed by atoms with Crippen LogP contribution < -0.4 is 4.57 Å². The summed E-state index contributed by atoms with van der Waals surface area (Å²) in [6, 6.07) is 12.2. The lowest BCUT2D eigenvalue weighted by Gasteiger charge is -2.15. The molecule has 0 spiro atoms. The Morgan fingerprint density at radius 3 is 2.62 bits per heavy atom. The number of rotatable bonds is 3. The molecule has 0 radical (unpaired) electrons. The summed E-state index contributed by atoms with van der Waals surface area (Å²) in [4.78, 5) is 4.57.